The van der Waals surface area contributed by atoms with E-state index < -0.39 is 16.4 Å². The Morgan fingerprint density at radius 3 is 2.60 bits per heavy atom. The van der Waals surface area contributed by atoms with Crippen LogP contribution in [0.3, 0.4) is 0 Å². The summed E-state index contributed by atoms with van der Waals surface area (Å²) in [6, 6.07) is 4.36. The number of hydrogen-bond donors (Lipinski definition) is 2. The Hall–Kier alpha value is -1.95. The molecule has 0 aliphatic rings. The molecule has 20 heavy (non-hydrogen) atoms. The molecule has 1 amide bonds. The van der Waals surface area contributed by atoms with Crippen LogP contribution in [0.1, 0.15) is 36.7 Å². The number of nitro benzene ring substituents is 1. The predicted octanol–water partition coefficient (Wildman–Crippen LogP) is 2.04. The molecular weight excluding hydrogens is 260 g/mol. The Morgan fingerprint density at radius 1 is 1.50 bits per heavy atom. The first kappa shape index (κ1) is 16.1. The normalized spacial score (nSPS) is 13.9. The zero-order valence-corrected chi connectivity index (χ0v) is 12.1. The number of hydrogen-bond acceptors (Lipinski definition) is 4. The molecule has 1 unspecified atom stereocenters. The van der Waals surface area contributed by atoms with Gasteiger partial charge in [0, 0.05) is 12.6 Å². The van der Waals surface area contributed by atoms with Crippen molar-refractivity contribution in [3.63, 3.8) is 0 Å². The van der Waals surface area contributed by atoms with E-state index in [0.717, 1.165) is 5.56 Å². The van der Waals surface area contributed by atoms with Gasteiger partial charge in [0.15, 0.2) is 0 Å². The first-order valence-corrected chi connectivity index (χ1v) is 6.41. The van der Waals surface area contributed by atoms with Gasteiger partial charge in [0.05, 0.1) is 10.5 Å². The highest BCUT2D eigenvalue weighted by Crippen LogP contribution is 2.20. The monoisotopic (exact) mass is 280 g/mol. The molecule has 0 fully saturated rings. The first-order valence-electron chi connectivity index (χ1n) is 6.41. The molecule has 0 saturated heterocycles. The minimum absolute atomic E-state index is 0.00885. The van der Waals surface area contributed by atoms with Gasteiger partial charge >= 0.3 is 0 Å². The summed E-state index contributed by atoms with van der Waals surface area (Å²) in [5.74, 6) is -0.600. The van der Waals surface area contributed by atoms with Crippen LogP contribution in [-0.4, -0.2) is 28.1 Å². The summed E-state index contributed by atoms with van der Waals surface area (Å²) in [6.07, 6.45) is 0. The molecule has 6 nitrogen and oxygen atoms in total. The molecule has 1 aromatic carbocycles. The molecule has 0 aliphatic heterocycles. The van der Waals surface area contributed by atoms with Crippen LogP contribution < -0.4 is 5.32 Å². The van der Waals surface area contributed by atoms with Gasteiger partial charge in [0.2, 0.25) is 0 Å². The number of carbonyl (C=O) groups is 1. The number of carbonyl (C=O) groups excluding carboxylic acids is 1. The Morgan fingerprint density at radius 2 is 2.10 bits per heavy atom. The zero-order chi connectivity index (χ0) is 15.5. The molecule has 1 atom stereocenters. The van der Waals surface area contributed by atoms with Crippen LogP contribution in [-0.2, 0) is 0 Å². The van der Waals surface area contributed by atoms with Gasteiger partial charge in [-0.15, -0.1) is 0 Å². The van der Waals surface area contributed by atoms with Crippen molar-refractivity contribution >= 4 is 11.6 Å². The predicted molar refractivity (Wildman–Crippen MR) is 75.6 cm³/mol. The highest BCUT2D eigenvalue weighted by molar-refractivity contribution is 5.98. The third-order valence-corrected chi connectivity index (χ3v) is 3.44. The van der Waals surface area contributed by atoms with Crippen molar-refractivity contribution in [2.24, 2.45) is 5.92 Å². The van der Waals surface area contributed by atoms with Crippen molar-refractivity contribution in [2.75, 3.05) is 6.54 Å². The lowest BCUT2D eigenvalue weighted by atomic mass is 9.92. The van der Waals surface area contributed by atoms with Crippen LogP contribution in [0.5, 0.6) is 0 Å². The molecule has 2 N–H and O–H groups in total. The third-order valence-electron chi connectivity index (χ3n) is 3.44. The fourth-order valence-corrected chi connectivity index (χ4v) is 1.55. The molecule has 0 spiro atoms. The van der Waals surface area contributed by atoms with E-state index in [2.05, 4.69) is 5.32 Å². The molecule has 0 saturated carbocycles. The van der Waals surface area contributed by atoms with E-state index in [0.29, 0.717) is 0 Å². The smallest absolute Gasteiger partial charge is 0.282 e. The molecule has 0 radical (unpaired) electrons. The highest BCUT2D eigenvalue weighted by Gasteiger charge is 2.27. The Labute approximate surface area is 118 Å². The molecule has 0 aromatic heterocycles. The van der Waals surface area contributed by atoms with Crippen LogP contribution in [0.25, 0.3) is 0 Å². The maximum Gasteiger partial charge on any atom is 0.282 e. The summed E-state index contributed by atoms with van der Waals surface area (Å²) in [7, 11) is 0. The summed E-state index contributed by atoms with van der Waals surface area (Å²) in [6.45, 7) is 7.07. The van der Waals surface area contributed by atoms with E-state index in [-0.39, 0.29) is 23.7 Å². The molecule has 6 heteroatoms. The summed E-state index contributed by atoms with van der Waals surface area (Å²) in [5, 5.41) is 23.5. The largest absolute Gasteiger partial charge is 0.388 e. The van der Waals surface area contributed by atoms with Crippen molar-refractivity contribution < 1.29 is 14.8 Å². The van der Waals surface area contributed by atoms with Crippen molar-refractivity contribution in [1.29, 1.82) is 0 Å². The topological polar surface area (TPSA) is 92.5 Å². The second-order valence-electron chi connectivity index (χ2n) is 5.47. The Balaban J connectivity index is 2.93. The molecule has 1 rings (SSSR count). The summed E-state index contributed by atoms with van der Waals surface area (Å²) >= 11 is 0. The second-order valence-corrected chi connectivity index (χ2v) is 5.47. The van der Waals surface area contributed by atoms with Gasteiger partial charge in [-0.3, -0.25) is 14.9 Å². The fourth-order valence-electron chi connectivity index (χ4n) is 1.55. The number of aryl methyl sites for hydroxylation is 1. The van der Waals surface area contributed by atoms with E-state index in [1.807, 2.05) is 13.8 Å². The van der Waals surface area contributed by atoms with Crippen molar-refractivity contribution in [3.05, 3.63) is 39.4 Å². The maximum atomic E-state index is 12.1. The van der Waals surface area contributed by atoms with Gasteiger partial charge < -0.3 is 10.4 Å². The second kappa shape index (κ2) is 6.00. The number of nitrogens with zero attached hydrogens (tertiary/aromatic N) is 1. The van der Waals surface area contributed by atoms with E-state index in [1.165, 1.54) is 12.1 Å². The summed E-state index contributed by atoms with van der Waals surface area (Å²) < 4.78 is 0. The van der Waals surface area contributed by atoms with Gasteiger partial charge in [-0.1, -0.05) is 19.9 Å². The number of nitro groups is 1. The molecule has 1 aromatic rings. The van der Waals surface area contributed by atoms with Crippen molar-refractivity contribution in [1.82, 2.24) is 5.32 Å². The van der Waals surface area contributed by atoms with Crippen molar-refractivity contribution in [2.45, 2.75) is 33.3 Å². The van der Waals surface area contributed by atoms with Crippen LogP contribution in [0.15, 0.2) is 18.2 Å². The van der Waals surface area contributed by atoms with Gasteiger partial charge in [-0.05, 0) is 31.4 Å². The highest BCUT2D eigenvalue weighted by atomic mass is 16.6. The van der Waals surface area contributed by atoms with Gasteiger partial charge in [-0.25, -0.2) is 0 Å². The Kier molecular flexibility index (Phi) is 4.83. The number of benzene rings is 1. The number of rotatable bonds is 5. The quantitative estimate of drug-likeness (QED) is 0.637. The third kappa shape index (κ3) is 3.77. The average molecular weight is 280 g/mol. The maximum absolute atomic E-state index is 12.1. The molecule has 110 valence electrons. The average Bonchev–Trinajstić information content (AvgIpc) is 2.35. The molecule has 0 bridgehead atoms. The van der Waals surface area contributed by atoms with Crippen LogP contribution in [0, 0.1) is 23.0 Å². The van der Waals surface area contributed by atoms with Crippen molar-refractivity contribution in [3.8, 4) is 0 Å². The number of nitrogens with one attached hydrogen (secondary N) is 1. The van der Waals surface area contributed by atoms with Crippen LogP contribution >= 0.6 is 0 Å². The van der Waals surface area contributed by atoms with E-state index in [1.54, 1.807) is 19.9 Å². The van der Waals surface area contributed by atoms with Gasteiger partial charge in [-0.2, -0.15) is 0 Å². The van der Waals surface area contributed by atoms with E-state index in [9.17, 15) is 20.0 Å². The summed E-state index contributed by atoms with van der Waals surface area (Å²) in [4.78, 5) is 22.4. The number of amides is 1. The Bertz CT molecular complexity index is 524. The SMILES string of the molecule is Cc1ccc([N+](=O)[O-])c(C(=O)NCC(C)(O)C(C)C)c1. The van der Waals surface area contributed by atoms with E-state index in [4.69, 9.17) is 0 Å². The molecule has 0 heterocycles. The zero-order valence-electron chi connectivity index (χ0n) is 12.1. The minimum Gasteiger partial charge on any atom is -0.388 e. The van der Waals surface area contributed by atoms with Gasteiger partial charge in [0.25, 0.3) is 11.6 Å². The summed E-state index contributed by atoms with van der Waals surface area (Å²) in [5.41, 5.74) is -0.530. The molecule has 0 aliphatic carbocycles. The van der Waals surface area contributed by atoms with Crippen LogP contribution in [0.2, 0.25) is 0 Å². The van der Waals surface area contributed by atoms with Gasteiger partial charge in [0.1, 0.15) is 5.56 Å². The standard InChI is InChI=1S/C14H20N2O4/c1-9(2)14(4,18)8-15-13(17)11-7-10(3)5-6-12(11)16(19)20/h5-7,9,18H,8H2,1-4H3,(H,15,17). The lowest BCUT2D eigenvalue weighted by molar-refractivity contribution is -0.385. The lowest BCUT2D eigenvalue weighted by Crippen LogP contribution is -2.44. The number of aliphatic hydroxyl groups is 1. The lowest BCUT2D eigenvalue weighted by Gasteiger charge is -2.27. The fraction of sp³-hybridized carbons (Fsp3) is 0.500. The van der Waals surface area contributed by atoms with E-state index >= 15 is 0 Å². The van der Waals surface area contributed by atoms with Crippen LogP contribution in [0.4, 0.5) is 5.69 Å². The minimum atomic E-state index is -1.06. The first-order chi connectivity index (χ1) is 9.15. The molecular formula is C14H20N2O4.